The molecule has 0 aliphatic heterocycles. The molecule has 8 nitrogen and oxygen atoms in total. The number of rotatable bonds is 9. The van der Waals surface area contributed by atoms with Crippen LogP contribution in [0.5, 0.6) is 5.75 Å². The van der Waals surface area contributed by atoms with Crippen molar-refractivity contribution in [1.82, 2.24) is 14.9 Å². The predicted octanol–water partition coefficient (Wildman–Crippen LogP) is 3.22. The highest BCUT2D eigenvalue weighted by Crippen LogP contribution is 2.38. The fourth-order valence-corrected chi connectivity index (χ4v) is 3.27. The maximum absolute atomic E-state index is 12.6. The molecule has 0 amide bonds. The smallest absolute Gasteiger partial charge is 0.376 e. The summed E-state index contributed by atoms with van der Waals surface area (Å²) in [6.07, 6.45) is 0.394. The minimum Gasteiger partial charge on any atom is -0.481 e. The highest BCUT2D eigenvalue weighted by Gasteiger charge is 2.24. The molecule has 1 heterocycles. The lowest BCUT2D eigenvalue weighted by molar-refractivity contribution is -0.146. The number of carbonyl (C=O) groups excluding carboxylic acids is 2. The van der Waals surface area contributed by atoms with Gasteiger partial charge in [0.05, 0.1) is 15.9 Å². The Balaban J connectivity index is 2.46. The van der Waals surface area contributed by atoms with E-state index in [1.807, 2.05) is 25.9 Å². The summed E-state index contributed by atoms with van der Waals surface area (Å²) in [5.74, 6) is -0.918. The highest BCUT2D eigenvalue weighted by molar-refractivity contribution is 6.39. The van der Waals surface area contributed by atoms with Crippen LogP contribution in [0.15, 0.2) is 12.1 Å². The fraction of sp³-hybridized carbons (Fsp3) is 0.450. The Kier molecular flexibility index (Phi) is 8.66. The van der Waals surface area contributed by atoms with Crippen LogP contribution in [0.4, 0.5) is 0 Å². The lowest BCUT2D eigenvalue weighted by Gasteiger charge is -2.18. The molecule has 0 N–H and O–H groups in total. The Bertz CT molecular complexity index is 935. The van der Waals surface area contributed by atoms with Crippen LogP contribution in [0.3, 0.4) is 0 Å². The summed E-state index contributed by atoms with van der Waals surface area (Å²) in [4.78, 5) is 36.2. The first kappa shape index (κ1) is 24.1. The van der Waals surface area contributed by atoms with E-state index in [2.05, 4.69) is 4.98 Å². The standard InChI is InChI=1S/C20H25Cl2N3O5/c1-6-13-18(20(27)30-25(4)5)23-15-10-12(21)9-14(22)17(15)19(13)29-11-16(26)28-8-7-24(2)3/h9-10H,6-8,11H2,1-5H3. The minimum atomic E-state index is -0.659. The Labute approximate surface area is 185 Å². The van der Waals surface area contributed by atoms with Gasteiger partial charge in [-0.05, 0) is 32.6 Å². The van der Waals surface area contributed by atoms with Crippen molar-refractivity contribution < 1.29 is 23.9 Å². The van der Waals surface area contributed by atoms with E-state index in [1.54, 1.807) is 26.2 Å². The van der Waals surface area contributed by atoms with Crippen molar-refractivity contribution in [3.8, 4) is 5.75 Å². The second-order valence-corrected chi connectivity index (χ2v) is 7.75. The van der Waals surface area contributed by atoms with E-state index in [0.29, 0.717) is 39.5 Å². The number of halogens is 2. The van der Waals surface area contributed by atoms with Crippen molar-refractivity contribution >= 4 is 46.0 Å². The third kappa shape index (κ3) is 6.18. The van der Waals surface area contributed by atoms with Gasteiger partial charge in [-0.1, -0.05) is 30.1 Å². The quantitative estimate of drug-likeness (QED) is 0.419. The number of hydrogen-bond donors (Lipinski definition) is 0. The van der Waals surface area contributed by atoms with Gasteiger partial charge in [-0.2, -0.15) is 0 Å². The molecular weight excluding hydrogens is 433 g/mol. The molecule has 0 fully saturated rings. The van der Waals surface area contributed by atoms with E-state index in [4.69, 9.17) is 37.5 Å². The van der Waals surface area contributed by atoms with Crippen LogP contribution >= 0.6 is 23.2 Å². The van der Waals surface area contributed by atoms with Crippen LogP contribution in [0.2, 0.25) is 10.0 Å². The molecule has 0 atom stereocenters. The molecular formula is C20H25Cl2N3O5. The van der Waals surface area contributed by atoms with Crippen LogP contribution in [0, 0.1) is 0 Å². The van der Waals surface area contributed by atoms with Crippen LogP contribution in [-0.2, 0) is 20.8 Å². The molecule has 0 unspecified atom stereocenters. The van der Waals surface area contributed by atoms with Crippen molar-refractivity contribution in [3.05, 3.63) is 33.4 Å². The van der Waals surface area contributed by atoms with Crippen molar-refractivity contribution in [2.24, 2.45) is 0 Å². The van der Waals surface area contributed by atoms with Gasteiger partial charge in [0.15, 0.2) is 12.3 Å². The van der Waals surface area contributed by atoms with Gasteiger partial charge in [0, 0.05) is 31.2 Å². The van der Waals surface area contributed by atoms with Gasteiger partial charge in [-0.25, -0.2) is 14.6 Å². The summed E-state index contributed by atoms with van der Waals surface area (Å²) < 4.78 is 11.0. The molecule has 0 saturated heterocycles. The maximum Gasteiger partial charge on any atom is 0.376 e. The number of ether oxygens (including phenoxy) is 2. The Morgan fingerprint density at radius 2 is 1.83 bits per heavy atom. The number of fused-ring (bicyclic) bond motifs is 1. The molecule has 1 aromatic carbocycles. The number of nitrogens with zero attached hydrogens (tertiary/aromatic N) is 3. The average molecular weight is 458 g/mol. The Morgan fingerprint density at radius 1 is 1.13 bits per heavy atom. The van der Waals surface area contributed by atoms with Crippen LogP contribution in [-0.4, -0.2) is 74.8 Å². The lowest BCUT2D eigenvalue weighted by atomic mass is 10.0. The summed E-state index contributed by atoms with van der Waals surface area (Å²) in [6.45, 7) is 2.32. The summed E-state index contributed by atoms with van der Waals surface area (Å²) in [6, 6.07) is 3.11. The molecule has 2 aromatic rings. The molecule has 0 bridgehead atoms. The fourth-order valence-electron chi connectivity index (χ4n) is 2.70. The van der Waals surface area contributed by atoms with E-state index in [-0.39, 0.29) is 24.7 Å². The molecule has 30 heavy (non-hydrogen) atoms. The monoisotopic (exact) mass is 457 g/mol. The van der Waals surface area contributed by atoms with Gasteiger partial charge in [0.1, 0.15) is 12.4 Å². The zero-order valence-electron chi connectivity index (χ0n) is 17.6. The normalized spacial score (nSPS) is 11.2. The zero-order valence-corrected chi connectivity index (χ0v) is 19.1. The number of aromatic nitrogens is 1. The lowest BCUT2D eigenvalue weighted by Crippen LogP contribution is -2.23. The topological polar surface area (TPSA) is 81.2 Å². The number of pyridine rings is 1. The number of carbonyl (C=O) groups is 2. The summed E-state index contributed by atoms with van der Waals surface area (Å²) in [5, 5.41) is 2.37. The van der Waals surface area contributed by atoms with E-state index in [9.17, 15) is 9.59 Å². The average Bonchev–Trinajstić information content (AvgIpc) is 2.64. The van der Waals surface area contributed by atoms with E-state index >= 15 is 0 Å². The molecule has 164 valence electrons. The van der Waals surface area contributed by atoms with Gasteiger partial charge in [0.25, 0.3) is 0 Å². The summed E-state index contributed by atoms with van der Waals surface area (Å²) in [7, 11) is 6.92. The van der Waals surface area contributed by atoms with Crippen molar-refractivity contribution in [1.29, 1.82) is 0 Å². The number of hydrogen-bond acceptors (Lipinski definition) is 8. The van der Waals surface area contributed by atoms with Crippen LogP contribution < -0.4 is 4.74 Å². The highest BCUT2D eigenvalue weighted by atomic mass is 35.5. The SMILES string of the molecule is CCc1c(C(=O)ON(C)C)nc2cc(Cl)cc(Cl)c2c1OCC(=O)OCCN(C)C. The van der Waals surface area contributed by atoms with Crippen LogP contribution in [0.1, 0.15) is 23.0 Å². The number of esters is 1. The Hall–Kier alpha value is -2.13. The molecule has 0 saturated carbocycles. The first-order valence-electron chi connectivity index (χ1n) is 9.28. The first-order valence-corrected chi connectivity index (χ1v) is 10.0. The van der Waals surface area contributed by atoms with Gasteiger partial charge in [-0.15, -0.1) is 5.06 Å². The van der Waals surface area contributed by atoms with Crippen molar-refractivity contribution in [2.75, 3.05) is 47.9 Å². The van der Waals surface area contributed by atoms with Crippen LogP contribution in [0.25, 0.3) is 10.9 Å². The second-order valence-electron chi connectivity index (χ2n) is 6.91. The Morgan fingerprint density at radius 3 is 2.43 bits per heavy atom. The summed E-state index contributed by atoms with van der Waals surface area (Å²) >= 11 is 12.5. The van der Waals surface area contributed by atoms with E-state index in [1.165, 1.54) is 5.06 Å². The van der Waals surface area contributed by atoms with Crippen molar-refractivity contribution in [3.63, 3.8) is 0 Å². The third-order valence-electron chi connectivity index (χ3n) is 4.00. The summed E-state index contributed by atoms with van der Waals surface area (Å²) in [5.41, 5.74) is 0.888. The number of likely N-dealkylation sites (N-methyl/N-ethyl adjacent to an activating group) is 1. The second kappa shape index (κ2) is 10.8. The number of hydroxylamine groups is 2. The molecule has 0 radical (unpaired) electrons. The molecule has 0 aliphatic rings. The maximum atomic E-state index is 12.6. The zero-order chi connectivity index (χ0) is 22.4. The predicted molar refractivity (Wildman–Crippen MR) is 115 cm³/mol. The van der Waals surface area contributed by atoms with Gasteiger partial charge >= 0.3 is 11.9 Å². The third-order valence-corrected chi connectivity index (χ3v) is 4.52. The van der Waals surface area contributed by atoms with Crippen molar-refractivity contribution in [2.45, 2.75) is 13.3 Å². The number of benzene rings is 1. The molecule has 1 aromatic heterocycles. The van der Waals surface area contributed by atoms with E-state index < -0.39 is 11.9 Å². The molecule has 10 heteroatoms. The largest absolute Gasteiger partial charge is 0.481 e. The van der Waals surface area contributed by atoms with Gasteiger partial charge in [0.2, 0.25) is 0 Å². The first-order chi connectivity index (χ1) is 14.1. The minimum absolute atomic E-state index is 0.0630. The molecule has 2 rings (SSSR count). The molecule has 0 spiro atoms. The van der Waals surface area contributed by atoms with E-state index in [0.717, 1.165) is 0 Å². The van der Waals surface area contributed by atoms with Gasteiger partial charge in [-0.3, -0.25) is 0 Å². The molecule has 0 aliphatic carbocycles. The van der Waals surface area contributed by atoms with Gasteiger partial charge < -0.3 is 19.2 Å².